The van der Waals surface area contributed by atoms with Crippen molar-refractivity contribution in [1.82, 2.24) is 25.4 Å². The minimum absolute atomic E-state index is 0.00194. The minimum Gasteiger partial charge on any atom is -0.352 e. The largest absolute Gasteiger partial charge is 0.352 e. The van der Waals surface area contributed by atoms with Crippen LogP contribution in [0, 0.1) is 0 Å². The minimum atomic E-state index is -0.283. The van der Waals surface area contributed by atoms with Crippen LogP contribution in [0.25, 0.3) is 0 Å². The van der Waals surface area contributed by atoms with Crippen molar-refractivity contribution in [2.45, 2.75) is 18.8 Å². The molecule has 4 rings (SSSR count). The second kappa shape index (κ2) is 7.15. The van der Waals surface area contributed by atoms with Crippen LogP contribution in [-0.4, -0.2) is 64.6 Å². The number of rotatable bonds is 5. The van der Waals surface area contributed by atoms with Gasteiger partial charge in [-0.15, -0.1) is 0 Å². The molecule has 2 aliphatic rings. The van der Waals surface area contributed by atoms with Gasteiger partial charge < -0.3 is 15.1 Å². The molecule has 1 saturated heterocycles. The first-order chi connectivity index (χ1) is 12.7. The Morgan fingerprint density at radius 3 is 2.73 bits per heavy atom. The van der Waals surface area contributed by atoms with E-state index in [1.807, 2.05) is 0 Å². The fourth-order valence-corrected chi connectivity index (χ4v) is 3.14. The highest BCUT2D eigenvalue weighted by Crippen LogP contribution is 2.39. The Bertz CT molecular complexity index is 778. The summed E-state index contributed by atoms with van der Waals surface area (Å²) in [5.41, 5.74) is 1.67. The van der Waals surface area contributed by atoms with Crippen LogP contribution < -0.4 is 10.2 Å². The van der Waals surface area contributed by atoms with Crippen LogP contribution in [-0.2, 0) is 4.79 Å². The summed E-state index contributed by atoms with van der Waals surface area (Å²) in [5, 5.41) is 10.2. The summed E-state index contributed by atoms with van der Waals surface area (Å²) in [6.45, 7) is 2.76. The van der Waals surface area contributed by atoms with Gasteiger partial charge in [0.25, 0.3) is 5.91 Å². The van der Waals surface area contributed by atoms with Crippen LogP contribution in [0.4, 0.5) is 5.82 Å². The first-order valence-electron chi connectivity index (χ1n) is 8.97. The topological polar surface area (TPSA) is 94.2 Å². The summed E-state index contributed by atoms with van der Waals surface area (Å²) in [5.74, 6) is 1.27. The average Bonchev–Trinajstić information content (AvgIpc) is 3.43. The van der Waals surface area contributed by atoms with E-state index in [1.165, 1.54) is 24.7 Å². The first kappa shape index (κ1) is 16.6. The third-order valence-corrected chi connectivity index (χ3v) is 4.88. The third-order valence-electron chi connectivity index (χ3n) is 4.88. The van der Waals surface area contributed by atoms with E-state index in [4.69, 9.17) is 0 Å². The molecule has 0 bridgehead atoms. The lowest BCUT2D eigenvalue weighted by molar-refractivity contribution is -0.130. The van der Waals surface area contributed by atoms with Gasteiger partial charge in [-0.25, -0.2) is 0 Å². The van der Waals surface area contributed by atoms with Crippen LogP contribution in [0.1, 0.15) is 34.8 Å². The maximum Gasteiger partial charge on any atom is 0.253 e. The van der Waals surface area contributed by atoms with Crippen molar-refractivity contribution in [1.29, 1.82) is 0 Å². The second-order valence-electron chi connectivity index (χ2n) is 6.75. The molecule has 2 N–H and O–H groups in total. The second-order valence-corrected chi connectivity index (χ2v) is 6.75. The number of carbonyl (C=O) groups is 2. The third kappa shape index (κ3) is 3.68. The highest BCUT2D eigenvalue weighted by Gasteiger charge is 2.27. The van der Waals surface area contributed by atoms with Crippen LogP contribution in [0.5, 0.6) is 0 Å². The zero-order valence-electron chi connectivity index (χ0n) is 14.5. The maximum absolute atomic E-state index is 12.3. The van der Waals surface area contributed by atoms with Crippen LogP contribution >= 0.6 is 0 Å². The van der Waals surface area contributed by atoms with Crippen molar-refractivity contribution in [2.24, 2.45) is 0 Å². The lowest BCUT2D eigenvalue weighted by Gasteiger charge is -2.34. The number of hydrogen-bond donors (Lipinski definition) is 2. The summed E-state index contributed by atoms with van der Waals surface area (Å²) < 4.78 is 0. The Kier molecular flexibility index (Phi) is 4.55. The zero-order chi connectivity index (χ0) is 17.9. The van der Waals surface area contributed by atoms with Gasteiger partial charge in [0.05, 0.1) is 12.1 Å². The maximum atomic E-state index is 12.3. The highest BCUT2D eigenvalue weighted by atomic mass is 16.2. The van der Waals surface area contributed by atoms with E-state index in [0.29, 0.717) is 24.6 Å². The molecule has 1 aliphatic heterocycles. The predicted octanol–water partition coefficient (Wildman–Crippen LogP) is 0.761. The molecule has 2 aromatic heterocycles. The van der Waals surface area contributed by atoms with E-state index >= 15 is 0 Å². The Morgan fingerprint density at radius 2 is 2.04 bits per heavy atom. The van der Waals surface area contributed by atoms with E-state index in [9.17, 15) is 9.59 Å². The Labute approximate surface area is 151 Å². The van der Waals surface area contributed by atoms with Crippen molar-refractivity contribution in [3.63, 3.8) is 0 Å². The van der Waals surface area contributed by atoms with Gasteiger partial charge in [0, 0.05) is 56.3 Å². The van der Waals surface area contributed by atoms with Crippen molar-refractivity contribution in [3.8, 4) is 0 Å². The number of hydrogen-bond acceptors (Lipinski definition) is 5. The van der Waals surface area contributed by atoms with Gasteiger partial charge in [0.1, 0.15) is 0 Å². The molecule has 26 heavy (non-hydrogen) atoms. The van der Waals surface area contributed by atoms with Crippen molar-refractivity contribution < 1.29 is 9.59 Å². The van der Waals surface area contributed by atoms with E-state index in [1.54, 1.807) is 23.2 Å². The number of pyridine rings is 1. The SMILES string of the molecule is O=C(NCC(=O)N1CCN(c2cc(C3CC3)[nH]n2)CC1)c1cccnc1. The van der Waals surface area contributed by atoms with Crippen LogP contribution in [0.3, 0.4) is 0 Å². The molecule has 1 aliphatic carbocycles. The number of anilines is 1. The Hall–Kier alpha value is -2.90. The van der Waals surface area contributed by atoms with Crippen LogP contribution in [0.2, 0.25) is 0 Å². The molecule has 0 aromatic carbocycles. The monoisotopic (exact) mass is 354 g/mol. The molecule has 8 nitrogen and oxygen atoms in total. The van der Waals surface area contributed by atoms with Crippen molar-refractivity contribution in [3.05, 3.63) is 41.9 Å². The molecule has 2 aromatic rings. The predicted molar refractivity (Wildman–Crippen MR) is 95.9 cm³/mol. The quantitative estimate of drug-likeness (QED) is 0.827. The van der Waals surface area contributed by atoms with Gasteiger partial charge in [-0.2, -0.15) is 5.10 Å². The number of piperazine rings is 1. The van der Waals surface area contributed by atoms with Crippen molar-refractivity contribution >= 4 is 17.6 Å². The van der Waals surface area contributed by atoms with E-state index < -0.39 is 0 Å². The number of aromatic amines is 1. The molecule has 3 heterocycles. The standard InChI is InChI=1S/C18H22N6O2/c25-17(12-20-18(26)14-2-1-5-19-11-14)24-8-6-23(7-9-24)16-10-15(21-22-16)13-3-4-13/h1-2,5,10-11,13H,3-4,6-9,12H2,(H,20,26)(H,21,22). The lowest BCUT2D eigenvalue weighted by Crippen LogP contribution is -2.51. The number of nitrogens with one attached hydrogen (secondary N) is 2. The van der Waals surface area contributed by atoms with Crippen molar-refractivity contribution in [2.75, 3.05) is 37.6 Å². The summed E-state index contributed by atoms with van der Waals surface area (Å²) in [6, 6.07) is 5.49. The Balaban J connectivity index is 1.24. The molecule has 0 radical (unpaired) electrons. The molecule has 136 valence electrons. The summed E-state index contributed by atoms with van der Waals surface area (Å²) >= 11 is 0. The molecule has 8 heteroatoms. The summed E-state index contributed by atoms with van der Waals surface area (Å²) in [6.07, 6.45) is 5.58. The fourth-order valence-electron chi connectivity index (χ4n) is 3.14. The lowest BCUT2D eigenvalue weighted by atomic mass is 10.2. The molecular weight excluding hydrogens is 332 g/mol. The van der Waals surface area contributed by atoms with E-state index in [0.717, 1.165) is 18.9 Å². The van der Waals surface area contributed by atoms with Gasteiger partial charge in [-0.05, 0) is 25.0 Å². The molecule has 1 saturated carbocycles. The zero-order valence-corrected chi connectivity index (χ0v) is 14.5. The molecule has 2 fully saturated rings. The first-order valence-corrected chi connectivity index (χ1v) is 8.97. The van der Waals surface area contributed by atoms with Gasteiger partial charge in [0.15, 0.2) is 5.82 Å². The average molecular weight is 354 g/mol. The number of carbonyl (C=O) groups excluding carboxylic acids is 2. The molecule has 0 spiro atoms. The highest BCUT2D eigenvalue weighted by molar-refractivity contribution is 5.96. The smallest absolute Gasteiger partial charge is 0.253 e. The normalized spacial score (nSPS) is 17.2. The summed E-state index contributed by atoms with van der Waals surface area (Å²) in [4.78, 5) is 32.2. The van der Waals surface area contributed by atoms with Gasteiger partial charge in [-0.3, -0.25) is 19.7 Å². The number of amides is 2. The van der Waals surface area contributed by atoms with E-state index in [2.05, 4.69) is 31.5 Å². The number of H-pyrrole nitrogens is 1. The number of nitrogens with zero attached hydrogens (tertiary/aromatic N) is 4. The molecule has 2 amide bonds. The number of aromatic nitrogens is 3. The van der Waals surface area contributed by atoms with E-state index in [-0.39, 0.29) is 18.4 Å². The fraction of sp³-hybridized carbons (Fsp3) is 0.444. The van der Waals surface area contributed by atoms with Gasteiger partial charge in [0.2, 0.25) is 5.91 Å². The molecule has 0 atom stereocenters. The summed E-state index contributed by atoms with van der Waals surface area (Å²) in [7, 11) is 0. The van der Waals surface area contributed by atoms with Gasteiger partial charge >= 0.3 is 0 Å². The van der Waals surface area contributed by atoms with Crippen LogP contribution in [0.15, 0.2) is 30.6 Å². The molecular formula is C18H22N6O2. The Morgan fingerprint density at radius 1 is 1.23 bits per heavy atom. The van der Waals surface area contributed by atoms with Gasteiger partial charge in [-0.1, -0.05) is 0 Å². The molecule has 0 unspecified atom stereocenters.